The Morgan fingerprint density at radius 3 is 1.44 bits per heavy atom. The van der Waals surface area contributed by atoms with Crippen LogP contribution in [0.25, 0.3) is 0 Å². The maximum atomic E-state index is 8.83. The summed E-state index contributed by atoms with van der Waals surface area (Å²) >= 11 is 0. The Labute approximate surface area is 113 Å². The third-order valence-electron chi connectivity index (χ3n) is 3.39. The fourth-order valence-corrected chi connectivity index (χ4v) is 2.05. The van der Waals surface area contributed by atoms with Gasteiger partial charge in [0.05, 0.1) is 0 Å². The fourth-order valence-electron chi connectivity index (χ4n) is 2.05. The van der Waals surface area contributed by atoms with E-state index in [2.05, 4.69) is 23.6 Å². The van der Waals surface area contributed by atoms with Gasteiger partial charge in [-0.2, -0.15) is 0 Å². The number of likely N-dealkylation sites (N-methyl/N-ethyl adjacent to an activating group) is 1. The van der Waals surface area contributed by atoms with Crippen LogP contribution in [-0.2, 0) is 0 Å². The Morgan fingerprint density at radius 1 is 0.611 bits per heavy atom. The first-order valence-electron chi connectivity index (χ1n) is 7.44. The SMILES string of the molecule is CCN(CC)CCN(CCCCO)CCCCO. The zero-order valence-corrected chi connectivity index (χ0v) is 12.3. The van der Waals surface area contributed by atoms with Gasteiger partial charge in [0, 0.05) is 26.3 Å². The summed E-state index contributed by atoms with van der Waals surface area (Å²) in [5, 5.41) is 17.7. The first-order valence-corrected chi connectivity index (χ1v) is 7.44. The van der Waals surface area contributed by atoms with Gasteiger partial charge in [-0.05, 0) is 51.9 Å². The average molecular weight is 260 g/mol. The molecule has 0 saturated carbocycles. The van der Waals surface area contributed by atoms with E-state index in [4.69, 9.17) is 10.2 Å². The lowest BCUT2D eigenvalue weighted by Crippen LogP contribution is -2.36. The van der Waals surface area contributed by atoms with Gasteiger partial charge in [-0.25, -0.2) is 0 Å². The topological polar surface area (TPSA) is 46.9 Å². The van der Waals surface area contributed by atoms with Gasteiger partial charge in [-0.1, -0.05) is 13.8 Å². The van der Waals surface area contributed by atoms with Gasteiger partial charge in [0.1, 0.15) is 0 Å². The van der Waals surface area contributed by atoms with Crippen LogP contribution in [0.4, 0.5) is 0 Å². The smallest absolute Gasteiger partial charge is 0.0431 e. The molecule has 0 aromatic rings. The van der Waals surface area contributed by atoms with Gasteiger partial charge in [-0.15, -0.1) is 0 Å². The minimum absolute atomic E-state index is 0.292. The summed E-state index contributed by atoms with van der Waals surface area (Å²) in [5.41, 5.74) is 0. The van der Waals surface area contributed by atoms with Crippen LogP contribution < -0.4 is 0 Å². The summed E-state index contributed by atoms with van der Waals surface area (Å²) in [5.74, 6) is 0. The maximum absolute atomic E-state index is 8.83. The summed E-state index contributed by atoms with van der Waals surface area (Å²) < 4.78 is 0. The number of hydrogen-bond donors (Lipinski definition) is 2. The van der Waals surface area contributed by atoms with E-state index in [9.17, 15) is 0 Å². The van der Waals surface area contributed by atoms with Crippen molar-refractivity contribution in [3.63, 3.8) is 0 Å². The molecule has 0 unspecified atom stereocenters. The van der Waals surface area contributed by atoms with Crippen LogP contribution in [0.1, 0.15) is 39.5 Å². The van der Waals surface area contributed by atoms with E-state index >= 15 is 0 Å². The highest BCUT2D eigenvalue weighted by atomic mass is 16.3. The highest BCUT2D eigenvalue weighted by Crippen LogP contribution is 2.00. The van der Waals surface area contributed by atoms with Gasteiger partial charge in [0.25, 0.3) is 0 Å². The molecule has 0 spiro atoms. The molecule has 0 atom stereocenters. The van der Waals surface area contributed by atoms with Crippen molar-refractivity contribution in [2.75, 3.05) is 52.5 Å². The summed E-state index contributed by atoms with van der Waals surface area (Å²) in [6.45, 7) is 11.5. The largest absolute Gasteiger partial charge is 0.396 e. The van der Waals surface area contributed by atoms with Gasteiger partial charge < -0.3 is 20.0 Å². The van der Waals surface area contributed by atoms with Crippen molar-refractivity contribution in [3.05, 3.63) is 0 Å². The zero-order chi connectivity index (χ0) is 13.6. The zero-order valence-electron chi connectivity index (χ0n) is 12.3. The number of aliphatic hydroxyl groups is 2. The second-order valence-electron chi connectivity index (χ2n) is 4.73. The number of nitrogens with zero attached hydrogens (tertiary/aromatic N) is 2. The predicted octanol–water partition coefficient (Wildman–Crippen LogP) is 1.18. The third-order valence-corrected chi connectivity index (χ3v) is 3.39. The van der Waals surface area contributed by atoms with E-state index < -0.39 is 0 Å². The molecule has 110 valence electrons. The van der Waals surface area contributed by atoms with Crippen molar-refractivity contribution in [1.82, 2.24) is 9.80 Å². The standard InChI is InChI=1S/C14H32N2O2/c1-3-15(4-2)11-12-16(9-5-7-13-17)10-6-8-14-18/h17-18H,3-14H2,1-2H3. The number of aliphatic hydroxyl groups excluding tert-OH is 2. The first kappa shape index (κ1) is 17.8. The van der Waals surface area contributed by atoms with Crippen LogP contribution in [-0.4, -0.2) is 72.5 Å². The molecule has 0 amide bonds. The summed E-state index contributed by atoms with van der Waals surface area (Å²) in [4.78, 5) is 4.90. The lowest BCUT2D eigenvalue weighted by atomic mass is 10.2. The van der Waals surface area contributed by atoms with E-state index in [0.29, 0.717) is 13.2 Å². The molecule has 0 fully saturated rings. The van der Waals surface area contributed by atoms with Crippen LogP contribution in [0.5, 0.6) is 0 Å². The molecule has 0 aromatic heterocycles. The van der Waals surface area contributed by atoms with Gasteiger partial charge in [0.15, 0.2) is 0 Å². The predicted molar refractivity (Wildman–Crippen MR) is 76.9 cm³/mol. The number of rotatable bonds is 13. The van der Waals surface area contributed by atoms with Gasteiger partial charge in [0.2, 0.25) is 0 Å². The highest BCUT2D eigenvalue weighted by molar-refractivity contribution is 4.62. The minimum atomic E-state index is 0.292. The first-order chi connectivity index (χ1) is 8.78. The van der Waals surface area contributed by atoms with Crippen molar-refractivity contribution in [2.24, 2.45) is 0 Å². The second-order valence-corrected chi connectivity index (χ2v) is 4.73. The van der Waals surface area contributed by atoms with Crippen molar-refractivity contribution >= 4 is 0 Å². The normalized spacial score (nSPS) is 11.7. The van der Waals surface area contributed by atoms with E-state index in [1.165, 1.54) is 0 Å². The van der Waals surface area contributed by atoms with E-state index in [0.717, 1.165) is 65.0 Å². The van der Waals surface area contributed by atoms with Crippen LogP contribution in [0, 0.1) is 0 Å². The molecule has 0 aliphatic heterocycles. The van der Waals surface area contributed by atoms with Crippen molar-refractivity contribution in [3.8, 4) is 0 Å². The molecule has 0 heterocycles. The average Bonchev–Trinajstić information content (AvgIpc) is 2.39. The molecule has 0 radical (unpaired) electrons. The maximum Gasteiger partial charge on any atom is 0.0431 e. The molecule has 4 heteroatoms. The van der Waals surface area contributed by atoms with E-state index in [1.807, 2.05) is 0 Å². The number of unbranched alkanes of at least 4 members (excludes halogenated alkanes) is 2. The molecule has 0 aromatic carbocycles. The Morgan fingerprint density at radius 2 is 1.06 bits per heavy atom. The molecule has 0 saturated heterocycles. The van der Waals surface area contributed by atoms with Gasteiger partial charge in [-0.3, -0.25) is 0 Å². The van der Waals surface area contributed by atoms with Crippen molar-refractivity contribution in [2.45, 2.75) is 39.5 Å². The molecule has 4 nitrogen and oxygen atoms in total. The Hall–Kier alpha value is -0.160. The van der Waals surface area contributed by atoms with Crippen molar-refractivity contribution < 1.29 is 10.2 Å². The molecule has 0 bridgehead atoms. The van der Waals surface area contributed by atoms with E-state index in [1.54, 1.807) is 0 Å². The Balaban J connectivity index is 3.86. The van der Waals surface area contributed by atoms with Crippen molar-refractivity contribution in [1.29, 1.82) is 0 Å². The van der Waals surface area contributed by atoms with Crippen LogP contribution in [0.2, 0.25) is 0 Å². The molecule has 18 heavy (non-hydrogen) atoms. The van der Waals surface area contributed by atoms with Gasteiger partial charge >= 0.3 is 0 Å². The molecular weight excluding hydrogens is 228 g/mol. The van der Waals surface area contributed by atoms with Crippen LogP contribution in [0.15, 0.2) is 0 Å². The quantitative estimate of drug-likeness (QED) is 0.488. The van der Waals surface area contributed by atoms with E-state index in [-0.39, 0.29) is 0 Å². The minimum Gasteiger partial charge on any atom is -0.396 e. The highest BCUT2D eigenvalue weighted by Gasteiger charge is 2.06. The summed E-state index contributed by atoms with van der Waals surface area (Å²) in [6, 6.07) is 0. The third kappa shape index (κ3) is 9.83. The van der Waals surface area contributed by atoms with Crippen LogP contribution in [0.3, 0.4) is 0 Å². The fraction of sp³-hybridized carbons (Fsp3) is 1.00. The van der Waals surface area contributed by atoms with Crippen LogP contribution >= 0.6 is 0 Å². The Kier molecular flexibility index (Phi) is 13.2. The molecule has 2 N–H and O–H groups in total. The summed E-state index contributed by atoms with van der Waals surface area (Å²) in [7, 11) is 0. The Bertz CT molecular complexity index is 154. The number of hydrogen-bond acceptors (Lipinski definition) is 4. The lowest BCUT2D eigenvalue weighted by molar-refractivity contribution is 0.195. The molecule has 0 aliphatic rings. The lowest BCUT2D eigenvalue weighted by Gasteiger charge is -2.26. The molecular formula is C14H32N2O2. The monoisotopic (exact) mass is 260 g/mol. The summed E-state index contributed by atoms with van der Waals surface area (Å²) in [6.07, 6.45) is 3.91. The molecule has 0 rings (SSSR count). The second kappa shape index (κ2) is 13.3. The molecule has 0 aliphatic carbocycles.